The fourth-order valence-electron chi connectivity index (χ4n) is 7.14. The number of carbonyl (C=O) groups is 2. The number of benzene rings is 2. The molecule has 2 unspecified atom stereocenters. The van der Waals surface area contributed by atoms with Crippen molar-refractivity contribution in [3.63, 3.8) is 0 Å². The monoisotopic (exact) mass is 771 g/mol. The second-order valence-electron chi connectivity index (χ2n) is 14.8. The molecule has 1 N–H and O–H groups in total. The van der Waals surface area contributed by atoms with Crippen molar-refractivity contribution in [2.24, 2.45) is 4.99 Å². The van der Waals surface area contributed by atoms with Gasteiger partial charge in [0.25, 0.3) is 0 Å². The lowest BCUT2D eigenvalue weighted by atomic mass is 9.71. The topological polar surface area (TPSA) is 112 Å². The number of hydrogen-bond acceptors (Lipinski definition) is 8. The van der Waals surface area contributed by atoms with Gasteiger partial charge in [-0.3, -0.25) is 24.6 Å². The molecule has 0 bridgehead atoms. The van der Waals surface area contributed by atoms with Gasteiger partial charge in [-0.25, -0.2) is 9.78 Å². The molecule has 0 spiro atoms. The molecule has 6 rings (SSSR count). The summed E-state index contributed by atoms with van der Waals surface area (Å²) in [6.45, 7) is 14.6. The number of amides is 3. The molecule has 2 aromatic carbocycles. The van der Waals surface area contributed by atoms with E-state index in [2.05, 4.69) is 31.1 Å². The highest BCUT2D eigenvalue weighted by molar-refractivity contribution is 6.30. The Balaban J connectivity index is 1.39. The third-order valence-corrected chi connectivity index (χ3v) is 10.9. The number of nitrogens with zero attached hydrogens (tertiary/aromatic N) is 6. The third kappa shape index (κ3) is 7.49. The average Bonchev–Trinajstić information content (AvgIpc) is 3.39. The smallest absolute Gasteiger partial charge is 0.326 e. The van der Waals surface area contributed by atoms with Gasteiger partial charge in [0.2, 0.25) is 11.8 Å². The number of pyridine rings is 2. The van der Waals surface area contributed by atoms with Gasteiger partial charge in [-0.15, -0.1) is 0 Å². The van der Waals surface area contributed by atoms with E-state index in [-0.39, 0.29) is 23.9 Å². The zero-order chi connectivity index (χ0) is 38.8. The zero-order valence-corrected chi connectivity index (χ0v) is 33.3. The molecule has 4 heterocycles. The fraction of sp³-hybridized carbons (Fsp3) is 0.390. The maximum absolute atomic E-state index is 15.3. The Kier molecular flexibility index (Phi) is 11.2. The van der Waals surface area contributed by atoms with Crippen LogP contribution >= 0.6 is 23.2 Å². The van der Waals surface area contributed by atoms with Crippen molar-refractivity contribution >= 4 is 46.7 Å². The number of carbonyl (C=O) groups excluding carboxylic acids is 2. The Labute approximate surface area is 327 Å². The SMILES string of the molecule is CCOc1cc(C(C)(C)C)ncc1C1=NC(C)(c2ccc(Cl)cc2)C(C)(c2ccc(Cl)cc2)N1C(=O)N1CCN(CC(=O)Nc2cccnc2OC)CC1. The molecule has 11 nitrogen and oxygen atoms in total. The minimum atomic E-state index is -1.07. The van der Waals surface area contributed by atoms with E-state index in [1.807, 2.05) is 85.2 Å². The number of methoxy groups -OCH3 is 1. The van der Waals surface area contributed by atoms with Crippen LogP contribution < -0.4 is 14.8 Å². The van der Waals surface area contributed by atoms with Crippen molar-refractivity contribution in [1.29, 1.82) is 0 Å². The van der Waals surface area contributed by atoms with Crippen LogP contribution in [0.1, 0.15) is 63.9 Å². The first kappa shape index (κ1) is 39.0. The van der Waals surface area contributed by atoms with Crippen molar-refractivity contribution in [1.82, 2.24) is 24.7 Å². The summed E-state index contributed by atoms with van der Waals surface area (Å²) in [4.78, 5) is 48.6. The maximum atomic E-state index is 15.3. The molecule has 13 heteroatoms. The summed E-state index contributed by atoms with van der Waals surface area (Å²) in [5, 5.41) is 4.07. The third-order valence-electron chi connectivity index (χ3n) is 10.4. The number of aromatic nitrogens is 2. The van der Waals surface area contributed by atoms with Gasteiger partial charge in [-0.2, -0.15) is 0 Å². The molecule has 54 heavy (non-hydrogen) atoms. The van der Waals surface area contributed by atoms with E-state index < -0.39 is 11.1 Å². The lowest BCUT2D eigenvalue weighted by Gasteiger charge is -2.47. The first-order valence-electron chi connectivity index (χ1n) is 18.1. The van der Waals surface area contributed by atoms with Crippen molar-refractivity contribution in [2.75, 3.05) is 51.8 Å². The number of aliphatic imine (C=N–C) groups is 1. The average molecular weight is 773 g/mol. The number of anilines is 1. The summed E-state index contributed by atoms with van der Waals surface area (Å²) in [6, 6.07) is 20.4. The number of ether oxygens (including phenoxy) is 2. The molecular formula is C41H47Cl2N7O4. The van der Waals surface area contributed by atoms with Gasteiger partial charge in [0, 0.05) is 65.8 Å². The van der Waals surface area contributed by atoms with Crippen molar-refractivity contribution in [2.45, 2.75) is 58.0 Å². The largest absolute Gasteiger partial charge is 0.493 e. The molecule has 0 aliphatic carbocycles. The Morgan fingerprint density at radius 1 is 0.907 bits per heavy atom. The van der Waals surface area contributed by atoms with Gasteiger partial charge in [-0.05, 0) is 68.3 Å². The van der Waals surface area contributed by atoms with E-state index in [0.29, 0.717) is 71.5 Å². The molecule has 4 aromatic rings. The highest BCUT2D eigenvalue weighted by Crippen LogP contribution is 2.54. The molecule has 3 amide bonds. The van der Waals surface area contributed by atoms with Crippen LogP contribution in [-0.2, 0) is 21.3 Å². The number of hydrogen-bond donors (Lipinski definition) is 1. The summed E-state index contributed by atoms with van der Waals surface area (Å²) >= 11 is 12.8. The van der Waals surface area contributed by atoms with Gasteiger partial charge in [0.05, 0.1) is 25.8 Å². The van der Waals surface area contributed by atoms with Gasteiger partial charge < -0.3 is 19.7 Å². The van der Waals surface area contributed by atoms with Crippen molar-refractivity contribution in [3.8, 4) is 11.6 Å². The predicted octanol–water partition coefficient (Wildman–Crippen LogP) is 7.76. The zero-order valence-electron chi connectivity index (χ0n) is 31.8. The molecule has 1 saturated heterocycles. The number of urea groups is 1. The Hall–Kier alpha value is -4.71. The highest BCUT2D eigenvalue weighted by atomic mass is 35.5. The quantitative estimate of drug-likeness (QED) is 0.185. The van der Waals surface area contributed by atoms with E-state index in [1.165, 1.54) is 7.11 Å². The second kappa shape index (κ2) is 15.6. The molecule has 1 fully saturated rings. The van der Waals surface area contributed by atoms with Crippen LogP contribution in [0, 0.1) is 0 Å². The molecule has 0 radical (unpaired) electrons. The standard InChI is InChI=1S/C41H47Cl2N7O4/c1-8-54-33-24-34(39(2,3)4)45-25-31(33)36-47-40(5,27-11-15-29(42)16-12-27)41(6,28-13-17-30(43)18-14-28)50(36)38(52)49-22-20-48(21-23-49)26-35(51)46-32-10-9-19-44-37(32)53-7/h9-19,24-25H,8,20-23,26H2,1-7H3,(H,46,51). The van der Waals surface area contributed by atoms with Gasteiger partial charge in [0.15, 0.2) is 0 Å². The van der Waals surface area contributed by atoms with Crippen molar-refractivity contribution < 1.29 is 19.1 Å². The number of nitrogens with one attached hydrogen (secondary N) is 1. The number of amidine groups is 1. The molecule has 2 atom stereocenters. The van der Waals surface area contributed by atoms with E-state index in [9.17, 15) is 4.79 Å². The van der Waals surface area contributed by atoms with Gasteiger partial charge in [0.1, 0.15) is 28.4 Å². The number of rotatable bonds is 9. The highest BCUT2D eigenvalue weighted by Gasteiger charge is 2.60. The molecule has 0 saturated carbocycles. The van der Waals surface area contributed by atoms with Crippen LogP contribution in [0.25, 0.3) is 0 Å². The van der Waals surface area contributed by atoms with Gasteiger partial charge >= 0.3 is 6.03 Å². The number of piperazine rings is 1. The van der Waals surface area contributed by atoms with Crippen molar-refractivity contribution in [3.05, 3.63) is 112 Å². The molecule has 2 aliphatic heterocycles. The van der Waals surface area contributed by atoms with E-state index in [1.54, 1.807) is 29.4 Å². The first-order valence-corrected chi connectivity index (χ1v) is 18.8. The van der Waals surface area contributed by atoms with Crippen LogP contribution in [0.5, 0.6) is 11.6 Å². The lowest BCUT2D eigenvalue weighted by Crippen LogP contribution is -2.61. The first-order chi connectivity index (χ1) is 25.7. The molecular weight excluding hydrogens is 725 g/mol. The van der Waals surface area contributed by atoms with E-state index >= 15 is 4.79 Å². The predicted molar refractivity (Wildman–Crippen MR) is 213 cm³/mol. The Bertz CT molecular complexity index is 2030. The summed E-state index contributed by atoms with van der Waals surface area (Å²) in [5.74, 6) is 1.18. The summed E-state index contributed by atoms with van der Waals surface area (Å²) in [7, 11) is 1.51. The minimum absolute atomic E-state index is 0.150. The number of halogens is 2. The van der Waals surface area contributed by atoms with Crippen LogP contribution in [0.2, 0.25) is 10.0 Å². The Morgan fingerprint density at radius 3 is 2.13 bits per heavy atom. The van der Waals surface area contributed by atoms with Crippen LogP contribution in [-0.4, -0.2) is 88.9 Å². The second-order valence-corrected chi connectivity index (χ2v) is 15.7. The molecule has 2 aliphatic rings. The Morgan fingerprint density at radius 2 is 1.54 bits per heavy atom. The maximum Gasteiger partial charge on any atom is 0.326 e. The van der Waals surface area contributed by atoms with E-state index in [4.69, 9.17) is 42.7 Å². The minimum Gasteiger partial charge on any atom is -0.493 e. The fourth-order valence-corrected chi connectivity index (χ4v) is 7.39. The molecule has 2 aromatic heterocycles. The summed E-state index contributed by atoms with van der Waals surface area (Å²) in [5.41, 5.74) is 1.37. The normalized spacial score (nSPS) is 20.4. The van der Waals surface area contributed by atoms with Crippen LogP contribution in [0.15, 0.2) is 84.1 Å². The van der Waals surface area contributed by atoms with Crippen LogP contribution in [0.4, 0.5) is 10.5 Å². The van der Waals surface area contributed by atoms with Gasteiger partial charge in [-0.1, -0.05) is 68.2 Å². The summed E-state index contributed by atoms with van der Waals surface area (Å²) < 4.78 is 11.6. The molecule has 284 valence electrons. The van der Waals surface area contributed by atoms with E-state index in [0.717, 1.165) is 16.8 Å². The lowest BCUT2D eigenvalue weighted by molar-refractivity contribution is -0.117. The van der Waals surface area contributed by atoms with Crippen LogP contribution in [0.3, 0.4) is 0 Å². The summed E-state index contributed by atoms with van der Waals surface area (Å²) in [6.07, 6.45) is 3.38.